The zero-order chi connectivity index (χ0) is 8.85. The van der Waals surface area contributed by atoms with Gasteiger partial charge >= 0.3 is 12.0 Å². The topological polar surface area (TPSA) is 92.8 Å². The van der Waals surface area contributed by atoms with E-state index in [4.69, 9.17) is 10.8 Å². The van der Waals surface area contributed by atoms with E-state index in [-0.39, 0.29) is 12.8 Å². The van der Waals surface area contributed by atoms with Gasteiger partial charge in [0.2, 0.25) is 0 Å². The molecular formula is C6H10N2O3. The molecule has 0 aliphatic rings. The van der Waals surface area contributed by atoms with Gasteiger partial charge in [0, 0.05) is 5.71 Å². The summed E-state index contributed by atoms with van der Waals surface area (Å²) in [5, 5.41) is 8.23. The van der Waals surface area contributed by atoms with Crippen LogP contribution >= 0.6 is 0 Å². The standard InChI is InChI=1S/C6H10N2O3/c1-4(8-6(7)11)2-3-5(9)10/h2-3H2,1H3,(H2,7,11)(H,9,10). The van der Waals surface area contributed by atoms with Crippen LogP contribution in [0.4, 0.5) is 4.79 Å². The maximum Gasteiger partial charge on any atom is 0.338 e. The molecule has 0 heterocycles. The lowest BCUT2D eigenvalue weighted by Crippen LogP contribution is -2.08. The molecule has 3 N–H and O–H groups in total. The van der Waals surface area contributed by atoms with Crippen molar-refractivity contribution in [1.29, 1.82) is 0 Å². The summed E-state index contributed by atoms with van der Waals surface area (Å²) >= 11 is 0. The van der Waals surface area contributed by atoms with Crippen LogP contribution in [0.15, 0.2) is 4.99 Å². The van der Waals surface area contributed by atoms with E-state index in [1.165, 1.54) is 0 Å². The number of urea groups is 1. The number of carbonyl (C=O) groups is 2. The molecule has 5 heteroatoms. The summed E-state index contributed by atoms with van der Waals surface area (Å²) in [5.41, 5.74) is 5.17. The van der Waals surface area contributed by atoms with Gasteiger partial charge in [0.05, 0.1) is 6.42 Å². The van der Waals surface area contributed by atoms with Gasteiger partial charge in [0.15, 0.2) is 0 Å². The molecule has 0 atom stereocenters. The van der Waals surface area contributed by atoms with Gasteiger partial charge in [-0.1, -0.05) is 0 Å². The van der Waals surface area contributed by atoms with Crippen LogP contribution < -0.4 is 5.73 Å². The van der Waals surface area contributed by atoms with E-state index in [1.807, 2.05) is 0 Å². The molecule has 0 fully saturated rings. The molecular weight excluding hydrogens is 148 g/mol. The lowest BCUT2D eigenvalue weighted by atomic mass is 10.2. The first-order valence-electron chi connectivity index (χ1n) is 3.07. The molecule has 0 unspecified atom stereocenters. The Bertz CT molecular complexity index is 198. The fraction of sp³-hybridized carbons (Fsp3) is 0.500. The van der Waals surface area contributed by atoms with Gasteiger partial charge in [-0.05, 0) is 13.3 Å². The van der Waals surface area contributed by atoms with E-state index in [0.29, 0.717) is 5.71 Å². The molecule has 62 valence electrons. The van der Waals surface area contributed by atoms with E-state index in [2.05, 4.69) is 4.99 Å². The van der Waals surface area contributed by atoms with Crippen LogP contribution in [0.3, 0.4) is 0 Å². The highest BCUT2D eigenvalue weighted by Gasteiger charge is 1.99. The summed E-state index contributed by atoms with van der Waals surface area (Å²) in [4.78, 5) is 23.5. The number of carboxylic acid groups (broad SMARTS) is 1. The molecule has 0 rings (SSSR count). The van der Waals surface area contributed by atoms with Gasteiger partial charge in [-0.2, -0.15) is 0 Å². The maximum atomic E-state index is 10.1. The van der Waals surface area contributed by atoms with Crippen molar-refractivity contribution >= 4 is 17.7 Å². The van der Waals surface area contributed by atoms with Gasteiger partial charge in [-0.3, -0.25) is 4.79 Å². The van der Waals surface area contributed by atoms with Crippen LogP contribution in [0.2, 0.25) is 0 Å². The molecule has 0 radical (unpaired) electrons. The number of nitrogens with zero attached hydrogens (tertiary/aromatic N) is 1. The maximum absolute atomic E-state index is 10.1. The predicted octanol–water partition coefficient (Wildman–Crippen LogP) is 0.391. The lowest BCUT2D eigenvalue weighted by molar-refractivity contribution is -0.136. The first kappa shape index (κ1) is 9.61. The minimum Gasteiger partial charge on any atom is -0.481 e. The number of carboxylic acids is 1. The van der Waals surface area contributed by atoms with Crippen LogP contribution in [0.5, 0.6) is 0 Å². The molecule has 0 aromatic carbocycles. The monoisotopic (exact) mass is 158 g/mol. The average molecular weight is 158 g/mol. The normalized spacial score (nSPS) is 11.2. The lowest BCUT2D eigenvalue weighted by Gasteiger charge is -1.93. The Kier molecular flexibility index (Phi) is 3.87. The van der Waals surface area contributed by atoms with Crippen LogP contribution in [0.1, 0.15) is 19.8 Å². The highest BCUT2D eigenvalue weighted by molar-refractivity contribution is 5.94. The second-order valence-corrected chi connectivity index (χ2v) is 2.08. The summed E-state index contributed by atoms with van der Waals surface area (Å²) in [6.07, 6.45) is 0.237. The van der Waals surface area contributed by atoms with Crippen molar-refractivity contribution in [3.8, 4) is 0 Å². The first-order chi connectivity index (χ1) is 5.02. The number of nitrogens with two attached hydrogens (primary N) is 1. The molecule has 11 heavy (non-hydrogen) atoms. The van der Waals surface area contributed by atoms with Crippen LogP contribution in [-0.4, -0.2) is 22.8 Å². The minimum absolute atomic E-state index is 0.0252. The number of primary amides is 1. The Hall–Kier alpha value is -1.39. The third-order valence-corrected chi connectivity index (χ3v) is 1.00. The zero-order valence-corrected chi connectivity index (χ0v) is 6.20. The summed E-state index contributed by atoms with van der Waals surface area (Å²) < 4.78 is 0. The minimum atomic E-state index is -0.913. The number of aliphatic carboxylic acids is 1. The summed E-state index contributed by atoms with van der Waals surface area (Å²) in [6.45, 7) is 1.56. The van der Waals surface area contributed by atoms with Crippen LogP contribution in [0, 0.1) is 0 Å². The number of hydrogen-bond donors (Lipinski definition) is 2. The van der Waals surface area contributed by atoms with Crippen molar-refractivity contribution in [2.45, 2.75) is 19.8 Å². The molecule has 0 aliphatic carbocycles. The van der Waals surface area contributed by atoms with Crippen molar-refractivity contribution in [2.24, 2.45) is 10.7 Å². The second kappa shape index (κ2) is 4.43. The first-order valence-corrected chi connectivity index (χ1v) is 3.07. The highest BCUT2D eigenvalue weighted by atomic mass is 16.4. The summed E-state index contributed by atoms with van der Waals surface area (Å²) in [6, 6.07) is -0.784. The molecule has 0 aromatic heterocycles. The Morgan fingerprint density at radius 2 is 2.00 bits per heavy atom. The van der Waals surface area contributed by atoms with Crippen molar-refractivity contribution in [2.75, 3.05) is 0 Å². The summed E-state index contributed by atoms with van der Waals surface area (Å²) in [5.74, 6) is -0.913. The van der Waals surface area contributed by atoms with Crippen molar-refractivity contribution in [3.05, 3.63) is 0 Å². The van der Waals surface area contributed by atoms with Gasteiger partial charge in [0.1, 0.15) is 0 Å². The molecule has 0 spiro atoms. The molecule has 0 bridgehead atoms. The van der Waals surface area contributed by atoms with Crippen molar-refractivity contribution in [1.82, 2.24) is 0 Å². The highest BCUT2D eigenvalue weighted by Crippen LogP contribution is 1.92. The Balaban J connectivity index is 3.77. The fourth-order valence-electron chi connectivity index (χ4n) is 0.532. The number of amides is 2. The van der Waals surface area contributed by atoms with E-state index >= 15 is 0 Å². The molecule has 0 saturated carbocycles. The number of hydrogen-bond acceptors (Lipinski definition) is 2. The Morgan fingerprint density at radius 1 is 1.45 bits per heavy atom. The number of carbonyl (C=O) groups excluding carboxylic acids is 1. The van der Waals surface area contributed by atoms with Gasteiger partial charge in [-0.15, -0.1) is 0 Å². The molecule has 0 saturated heterocycles. The zero-order valence-electron chi connectivity index (χ0n) is 6.20. The smallest absolute Gasteiger partial charge is 0.338 e. The molecule has 5 nitrogen and oxygen atoms in total. The molecule has 2 amide bonds. The third-order valence-electron chi connectivity index (χ3n) is 1.00. The number of rotatable bonds is 3. The fourth-order valence-corrected chi connectivity index (χ4v) is 0.532. The summed E-state index contributed by atoms with van der Waals surface area (Å²) in [7, 11) is 0. The third kappa shape index (κ3) is 6.50. The average Bonchev–Trinajstić information content (AvgIpc) is 1.82. The van der Waals surface area contributed by atoms with Crippen molar-refractivity contribution < 1.29 is 14.7 Å². The van der Waals surface area contributed by atoms with E-state index < -0.39 is 12.0 Å². The van der Waals surface area contributed by atoms with Crippen LogP contribution in [0.25, 0.3) is 0 Å². The quantitative estimate of drug-likeness (QED) is 0.582. The second-order valence-electron chi connectivity index (χ2n) is 2.08. The Labute approximate surface area is 63.9 Å². The molecule has 0 aliphatic heterocycles. The molecule has 0 aromatic rings. The van der Waals surface area contributed by atoms with E-state index in [0.717, 1.165) is 0 Å². The van der Waals surface area contributed by atoms with Crippen LogP contribution in [-0.2, 0) is 4.79 Å². The van der Waals surface area contributed by atoms with Crippen molar-refractivity contribution in [3.63, 3.8) is 0 Å². The van der Waals surface area contributed by atoms with E-state index in [1.54, 1.807) is 6.92 Å². The van der Waals surface area contributed by atoms with E-state index in [9.17, 15) is 9.59 Å². The largest absolute Gasteiger partial charge is 0.481 e. The Morgan fingerprint density at radius 3 is 2.36 bits per heavy atom. The number of aliphatic imine (C=N–C) groups is 1. The van der Waals surface area contributed by atoms with Gasteiger partial charge in [0.25, 0.3) is 0 Å². The predicted molar refractivity (Wildman–Crippen MR) is 39.6 cm³/mol. The van der Waals surface area contributed by atoms with Gasteiger partial charge < -0.3 is 10.8 Å². The SMILES string of the molecule is CC(CCC(=O)O)=NC(N)=O. The van der Waals surface area contributed by atoms with Gasteiger partial charge in [-0.25, -0.2) is 9.79 Å².